The molecule has 0 unspecified atom stereocenters. The summed E-state index contributed by atoms with van der Waals surface area (Å²) >= 11 is 0. The van der Waals surface area contributed by atoms with E-state index in [1.807, 2.05) is 0 Å². The maximum Gasteiger partial charge on any atom is 0.326 e. The molecule has 0 saturated carbocycles. The lowest BCUT2D eigenvalue weighted by Gasteiger charge is -2.32. The molecule has 0 fully saturated rings. The van der Waals surface area contributed by atoms with E-state index in [0.29, 0.717) is 0 Å². The van der Waals surface area contributed by atoms with E-state index in [2.05, 4.69) is 37.2 Å². The third-order valence-electron chi connectivity index (χ3n) is 7.82. The number of carboxylic acid groups (broad SMARTS) is 2. The fourth-order valence-corrected chi connectivity index (χ4v) is 4.58. The van der Waals surface area contributed by atoms with E-state index < -0.39 is 127 Å². The highest BCUT2D eigenvalue weighted by Crippen LogP contribution is 2.34. The second kappa shape index (κ2) is 22.1. The number of aliphatic carboxylic acids is 2. The molecular weight excluding hydrogens is 718 g/mol. The van der Waals surface area contributed by atoms with Crippen molar-refractivity contribution in [2.24, 2.45) is 16.2 Å². The van der Waals surface area contributed by atoms with Crippen molar-refractivity contribution >= 4 is 59.1 Å². The highest BCUT2D eigenvalue weighted by atomic mass is 16.4. The lowest BCUT2D eigenvalue weighted by atomic mass is 9.74. The number of carbonyl (C=O) groups excluding carboxylic acids is 8. The molecule has 0 aromatic rings. The van der Waals surface area contributed by atoms with Crippen LogP contribution in [0.1, 0.15) is 74.1 Å². The van der Waals surface area contributed by atoms with Gasteiger partial charge in [-0.05, 0) is 33.1 Å². The van der Waals surface area contributed by atoms with Gasteiger partial charge in [-0.15, -0.1) is 0 Å². The third kappa shape index (κ3) is 18.5. The topological polar surface area (TPSA) is 336 Å². The van der Waals surface area contributed by atoms with Crippen molar-refractivity contribution in [1.29, 1.82) is 0 Å². The van der Waals surface area contributed by atoms with Crippen LogP contribution < -0.4 is 37.2 Å². The number of aliphatic hydroxyl groups excluding tert-OH is 2. The van der Waals surface area contributed by atoms with Gasteiger partial charge in [0, 0.05) is 23.9 Å². The summed E-state index contributed by atoms with van der Waals surface area (Å²) in [5, 5.41) is 53.5. The number of amides is 7. The molecule has 21 nitrogen and oxygen atoms in total. The Morgan fingerprint density at radius 1 is 0.537 bits per heavy atom. The van der Waals surface area contributed by atoms with Crippen LogP contribution in [0.2, 0.25) is 0 Å². The minimum Gasteiger partial charge on any atom is -0.481 e. The number of nitrogens with one attached hydrogen (secondary N) is 7. The number of aliphatic hydroxyl groups is 2. The molecular formula is C33H55N7O14. The van der Waals surface area contributed by atoms with Gasteiger partial charge in [-0.2, -0.15) is 0 Å². The quantitative estimate of drug-likeness (QED) is 0.0450. The van der Waals surface area contributed by atoms with E-state index >= 15 is 0 Å². The zero-order valence-electron chi connectivity index (χ0n) is 31.7. The zero-order valence-corrected chi connectivity index (χ0v) is 31.7. The van der Waals surface area contributed by atoms with Gasteiger partial charge in [0.25, 0.3) is 0 Å². The van der Waals surface area contributed by atoms with Crippen LogP contribution in [0.25, 0.3) is 0 Å². The standard InChI is InChI=1S/C33H55N7O14/c1-31(2,3)21(43)12-34-23(45)13-36-26(48)18(10-11-41)38-25(47)15-37-27(49)20(16-42)39-24(46)14-35-22(44)9-8-19(28(50)51)40-29(52)32(4,5)17-33(6,7)30(53)54/h18-20,41-42H,8-17H2,1-7H3,(H,34,45)(H,35,44)(H,36,48)(H,37,49)(H,38,47)(H,39,46)(H,40,52)(H,50,51)(H,53,54)/t18-,19-,20-/m0/s1. The highest BCUT2D eigenvalue weighted by Gasteiger charge is 2.40. The van der Waals surface area contributed by atoms with E-state index in [-0.39, 0.29) is 31.6 Å². The van der Waals surface area contributed by atoms with Gasteiger partial charge < -0.3 is 57.6 Å². The van der Waals surface area contributed by atoms with Crippen molar-refractivity contribution < 1.29 is 68.4 Å². The molecule has 21 heteroatoms. The van der Waals surface area contributed by atoms with Gasteiger partial charge in [0.15, 0.2) is 5.78 Å². The molecule has 0 radical (unpaired) electrons. The fourth-order valence-electron chi connectivity index (χ4n) is 4.58. The van der Waals surface area contributed by atoms with Gasteiger partial charge in [0.05, 0.1) is 38.2 Å². The summed E-state index contributed by atoms with van der Waals surface area (Å²) in [6.45, 7) is 7.09. The molecule has 11 N–H and O–H groups in total. The Hall–Kier alpha value is -5.18. The number of carboxylic acids is 2. The van der Waals surface area contributed by atoms with Gasteiger partial charge in [0.1, 0.15) is 18.1 Å². The molecule has 0 rings (SSSR count). The first-order chi connectivity index (χ1) is 24.8. The SMILES string of the molecule is CC(C)(C)C(=O)CNC(=O)CNC(=O)[C@H](CCO)NC(=O)CNC(=O)[C@H](CO)NC(=O)CNC(=O)CC[C@H](NC(=O)C(C)(C)CC(C)(C)C(=O)O)C(=O)O. The molecule has 0 aliphatic carbocycles. The first-order valence-corrected chi connectivity index (χ1v) is 17.0. The Bertz CT molecular complexity index is 1410. The Kier molecular flexibility index (Phi) is 20.0. The molecule has 0 aromatic heterocycles. The minimum absolute atomic E-state index is 0.111. The number of hydrogen-bond acceptors (Lipinski definition) is 12. The lowest BCUT2D eigenvalue weighted by molar-refractivity contribution is -0.151. The van der Waals surface area contributed by atoms with Crippen LogP contribution in [0.3, 0.4) is 0 Å². The average molecular weight is 774 g/mol. The summed E-state index contributed by atoms with van der Waals surface area (Å²) < 4.78 is 0. The number of carbonyl (C=O) groups is 10. The molecule has 0 aromatic carbocycles. The molecule has 0 bridgehead atoms. The fraction of sp³-hybridized carbons (Fsp3) is 0.697. The summed E-state index contributed by atoms with van der Waals surface area (Å²) in [5.41, 5.74) is -3.24. The number of hydrogen-bond donors (Lipinski definition) is 11. The molecule has 0 aliphatic heterocycles. The third-order valence-corrected chi connectivity index (χ3v) is 7.82. The predicted molar refractivity (Wildman–Crippen MR) is 188 cm³/mol. The van der Waals surface area contributed by atoms with Crippen molar-refractivity contribution in [3.05, 3.63) is 0 Å². The summed E-state index contributed by atoms with van der Waals surface area (Å²) in [5.74, 6) is -8.76. The maximum atomic E-state index is 12.8. The van der Waals surface area contributed by atoms with E-state index in [1.165, 1.54) is 27.7 Å². The van der Waals surface area contributed by atoms with Crippen LogP contribution in [-0.4, -0.2) is 137 Å². The highest BCUT2D eigenvalue weighted by molar-refractivity contribution is 5.95. The first kappa shape index (κ1) is 48.8. The summed E-state index contributed by atoms with van der Waals surface area (Å²) in [6, 6.07) is -4.41. The molecule has 0 aliphatic rings. The number of rotatable bonds is 24. The van der Waals surface area contributed by atoms with E-state index in [0.717, 1.165) is 0 Å². The maximum absolute atomic E-state index is 12.8. The van der Waals surface area contributed by atoms with Crippen molar-refractivity contribution in [2.75, 3.05) is 39.4 Å². The first-order valence-electron chi connectivity index (χ1n) is 17.0. The molecule has 0 heterocycles. The largest absolute Gasteiger partial charge is 0.481 e. The molecule has 3 atom stereocenters. The van der Waals surface area contributed by atoms with Gasteiger partial charge >= 0.3 is 11.9 Å². The van der Waals surface area contributed by atoms with Crippen LogP contribution in [0.4, 0.5) is 0 Å². The molecule has 7 amide bonds. The van der Waals surface area contributed by atoms with Gasteiger partial charge in [-0.25, -0.2) is 4.79 Å². The Morgan fingerprint density at radius 2 is 1.02 bits per heavy atom. The summed E-state index contributed by atoms with van der Waals surface area (Å²) in [4.78, 5) is 122. The smallest absolute Gasteiger partial charge is 0.326 e. The van der Waals surface area contributed by atoms with Crippen LogP contribution in [0.15, 0.2) is 0 Å². The number of ketones is 1. The lowest BCUT2D eigenvalue weighted by Crippen LogP contribution is -2.54. The van der Waals surface area contributed by atoms with Crippen molar-refractivity contribution in [3.8, 4) is 0 Å². The molecule has 54 heavy (non-hydrogen) atoms. The van der Waals surface area contributed by atoms with Crippen molar-refractivity contribution in [1.82, 2.24) is 37.2 Å². The van der Waals surface area contributed by atoms with E-state index in [9.17, 15) is 68.4 Å². The van der Waals surface area contributed by atoms with Crippen LogP contribution in [0, 0.1) is 16.2 Å². The van der Waals surface area contributed by atoms with Crippen LogP contribution >= 0.6 is 0 Å². The molecule has 0 saturated heterocycles. The second-order valence-electron chi connectivity index (χ2n) is 14.7. The van der Waals surface area contributed by atoms with Gasteiger partial charge in [0.2, 0.25) is 41.4 Å². The zero-order chi connectivity index (χ0) is 42.0. The average Bonchev–Trinajstić information content (AvgIpc) is 3.06. The summed E-state index contributed by atoms with van der Waals surface area (Å²) in [7, 11) is 0. The van der Waals surface area contributed by atoms with Crippen molar-refractivity contribution in [3.63, 3.8) is 0 Å². The minimum atomic E-state index is -1.58. The predicted octanol–water partition coefficient (Wildman–Crippen LogP) is -3.71. The Labute approximate surface area is 312 Å². The van der Waals surface area contributed by atoms with E-state index in [4.69, 9.17) is 0 Å². The van der Waals surface area contributed by atoms with Crippen molar-refractivity contribution in [2.45, 2.75) is 92.3 Å². The molecule has 306 valence electrons. The second-order valence-corrected chi connectivity index (χ2v) is 14.7. The van der Waals surface area contributed by atoms with Crippen LogP contribution in [-0.2, 0) is 47.9 Å². The van der Waals surface area contributed by atoms with E-state index in [1.54, 1.807) is 20.8 Å². The van der Waals surface area contributed by atoms with Gasteiger partial charge in [-0.1, -0.05) is 34.6 Å². The Balaban J connectivity index is 4.89. The summed E-state index contributed by atoms with van der Waals surface area (Å²) in [6.07, 6.45) is -1.20. The molecule has 0 spiro atoms. The normalized spacial score (nSPS) is 13.2. The van der Waals surface area contributed by atoms with Crippen LogP contribution in [0.5, 0.6) is 0 Å². The number of Topliss-reactive ketones (excluding diaryl/α,β-unsaturated/α-hetero) is 1. The monoisotopic (exact) mass is 773 g/mol. The van der Waals surface area contributed by atoms with Gasteiger partial charge in [-0.3, -0.25) is 43.2 Å². The Morgan fingerprint density at radius 3 is 1.50 bits per heavy atom.